The fraction of sp³-hybridized carbons (Fsp3) is 0.846. The highest BCUT2D eigenvalue weighted by molar-refractivity contribution is 5.91. The quantitative estimate of drug-likeness (QED) is 0.660. The van der Waals surface area contributed by atoms with E-state index in [9.17, 15) is 9.59 Å². The molecule has 3 fully saturated rings. The standard InChI is InChI=1S/C26H42N2O2/c1-16(2)28(17(3)4)24(30)22-9-8-20-19-15-27(7)23-14-18(29)10-12-26(23,6)21(19)11-13-25(20,22)5/h14,16-17,19-22H,8-13,15H2,1-7H3/t19-,20-,21-,22+,25-,26+/m0/s1. The highest BCUT2D eigenvalue weighted by Crippen LogP contribution is 2.65. The number of hydrogen-bond acceptors (Lipinski definition) is 3. The van der Waals surface area contributed by atoms with Crippen LogP contribution in [0.15, 0.2) is 11.8 Å². The third-order valence-electron chi connectivity index (χ3n) is 9.59. The molecule has 0 unspecified atom stereocenters. The van der Waals surface area contributed by atoms with E-state index in [1.165, 1.54) is 18.5 Å². The summed E-state index contributed by atoms with van der Waals surface area (Å²) in [5.74, 6) is 2.74. The number of amides is 1. The highest BCUT2D eigenvalue weighted by Gasteiger charge is 2.61. The summed E-state index contributed by atoms with van der Waals surface area (Å²) in [4.78, 5) is 30.4. The van der Waals surface area contributed by atoms with Crippen LogP contribution in [0, 0.1) is 34.5 Å². The zero-order valence-corrected chi connectivity index (χ0v) is 20.2. The molecular formula is C26H42N2O2. The molecule has 1 saturated heterocycles. The number of nitrogens with zero attached hydrogens (tertiary/aromatic N) is 2. The van der Waals surface area contributed by atoms with Gasteiger partial charge in [0.05, 0.1) is 0 Å². The van der Waals surface area contributed by atoms with E-state index in [-0.39, 0.29) is 28.8 Å². The minimum absolute atomic E-state index is 0.114. The predicted octanol–water partition coefficient (Wildman–Crippen LogP) is 4.89. The molecule has 1 aliphatic heterocycles. The van der Waals surface area contributed by atoms with Crippen LogP contribution in [0.25, 0.3) is 0 Å². The van der Waals surface area contributed by atoms with E-state index < -0.39 is 0 Å². The Morgan fingerprint density at radius 3 is 2.37 bits per heavy atom. The molecule has 168 valence electrons. The molecule has 4 rings (SSSR count). The molecule has 1 heterocycles. The average Bonchev–Trinajstić information content (AvgIpc) is 3.00. The van der Waals surface area contributed by atoms with Crippen LogP contribution in [0.2, 0.25) is 0 Å². The van der Waals surface area contributed by atoms with Gasteiger partial charge in [0.25, 0.3) is 0 Å². The van der Waals surface area contributed by atoms with Crippen LogP contribution in [-0.2, 0) is 9.59 Å². The summed E-state index contributed by atoms with van der Waals surface area (Å²) >= 11 is 0. The Bertz CT molecular complexity index is 748. The maximum Gasteiger partial charge on any atom is 0.226 e. The molecule has 6 atom stereocenters. The first-order valence-corrected chi connectivity index (χ1v) is 12.3. The molecule has 0 spiro atoms. The number of carbonyl (C=O) groups excluding carboxylic acids is 2. The van der Waals surface area contributed by atoms with E-state index in [0.717, 1.165) is 25.8 Å². The van der Waals surface area contributed by atoms with Gasteiger partial charge in [0.2, 0.25) is 5.91 Å². The van der Waals surface area contributed by atoms with E-state index >= 15 is 0 Å². The minimum atomic E-state index is 0.114. The van der Waals surface area contributed by atoms with Gasteiger partial charge in [-0.1, -0.05) is 13.8 Å². The summed E-state index contributed by atoms with van der Waals surface area (Å²) in [6, 6.07) is 0.507. The van der Waals surface area contributed by atoms with Crippen LogP contribution in [-0.4, -0.2) is 47.2 Å². The highest BCUT2D eigenvalue weighted by atomic mass is 16.2. The number of likely N-dealkylation sites (tertiary alicyclic amines) is 1. The van der Waals surface area contributed by atoms with Crippen molar-refractivity contribution in [3.8, 4) is 0 Å². The smallest absolute Gasteiger partial charge is 0.226 e. The van der Waals surface area contributed by atoms with Crippen LogP contribution in [0.3, 0.4) is 0 Å². The zero-order valence-electron chi connectivity index (χ0n) is 20.2. The summed E-state index contributed by atoms with van der Waals surface area (Å²) in [6.45, 7) is 14.5. The molecule has 0 radical (unpaired) electrons. The molecule has 3 aliphatic carbocycles. The van der Waals surface area contributed by atoms with Gasteiger partial charge in [0.1, 0.15) is 0 Å². The van der Waals surface area contributed by atoms with Crippen LogP contribution in [0.5, 0.6) is 0 Å². The zero-order chi connectivity index (χ0) is 22.0. The lowest BCUT2D eigenvalue weighted by Gasteiger charge is -2.60. The Labute approximate surface area is 183 Å². The molecule has 0 bridgehead atoms. The first-order chi connectivity index (χ1) is 14.0. The Kier molecular flexibility index (Phi) is 5.38. The normalized spacial score (nSPS) is 40.8. The minimum Gasteiger partial charge on any atom is -0.377 e. The summed E-state index contributed by atoms with van der Waals surface area (Å²) in [6.07, 6.45) is 8.19. The number of ketones is 1. The van der Waals surface area contributed by atoms with Crippen molar-refractivity contribution in [2.24, 2.45) is 34.5 Å². The van der Waals surface area contributed by atoms with E-state index in [4.69, 9.17) is 0 Å². The molecule has 4 aliphatic rings. The number of allylic oxidation sites excluding steroid dienone is 2. The molecule has 0 N–H and O–H groups in total. The Balaban J connectivity index is 1.63. The van der Waals surface area contributed by atoms with Gasteiger partial charge in [0, 0.05) is 55.2 Å². The Morgan fingerprint density at radius 1 is 1.07 bits per heavy atom. The fourth-order valence-corrected chi connectivity index (χ4v) is 8.26. The topological polar surface area (TPSA) is 40.6 Å². The van der Waals surface area contributed by atoms with Crippen LogP contribution in [0.4, 0.5) is 0 Å². The fourth-order valence-electron chi connectivity index (χ4n) is 8.26. The van der Waals surface area contributed by atoms with Gasteiger partial charge in [-0.2, -0.15) is 0 Å². The van der Waals surface area contributed by atoms with Gasteiger partial charge < -0.3 is 9.80 Å². The maximum absolute atomic E-state index is 13.7. The monoisotopic (exact) mass is 414 g/mol. The average molecular weight is 415 g/mol. The van der Waals surface area contributed by atoms with Crippen molar-refractivity contribution < 1.29 is 9.59 Å². The van der Waals surface area contributed by atoms with Gasteiger partial charge in [-0.3, -0.25) is 9.59 Å². The van der Waals surface area contributed by atoms with Crippen molar-refractivity contribution in [2.45, 2.75) is 92.2 Å². The second-order valence-electron chi connectivity index (χ2n) is 11.8. The van der Waals surface area contributed by atoms with Crippen LogP contribution in [0.1, 0.15) is 80.1 Å². The van der Waals surface area contributed by atoms with E-state index in [0.29, 0.717) is 35.9 Å². The number of piperidine rings is 1. The molecular weight excluding hydrogens is 372 g/mol. The lowest BCUT2D eigenvalue weighted by molar-refractivity contribution is -0.147. The van der Waals surface area contributed by atoms with Gasteiger partial charge in [-0.05, 0) is 83.0 Å². The van der Waals surface area contributed by atoms with Crippen molar-refractivity contribution in [3.05, 3.63) is 11.8 Å². The van der Waals surface area contributed by atoms with Crippen molar-refractivity contribution in [2.75, 3.05) is 13.6 Å². The molecule has 30 heavy (non-hydrogen) atoms. The van der Waals surface area contributed by atoms with Gasteiger partial charge >= 0.3 is 0 Å². The summed E-state index contributed by atoms with van der Waals surface area (Å²) in [7, 11) is 2.18. The molecule has 0 aromatic heterocycles. The van der Waals surface area contributed by atoms with Gasteiger partial charge in [-0.25, -0.2) is 0 Å². The third-order valence-corrected chi connectivity index (χ3v) is 9.59. The van der Waals surface area contributed by atoms with Crippen molar-refractivity contribution >= 4 is 11.7 Å². The summed E-state index contributed by atoms with van der Waals surface area (Å²) in [5, 5.41) is 0. The van der Waals surface area contributed by atoms with Gasteiger partial charge in [-0.15, -0.1) is 0 Å². The largest absolute Gasteiger partial charge is 0.377 e. The Hall–Kier alpha value is -1.32. The summed E-state index contributed by atoms with van der Waals surface area (Å²) < 4.78 is 0. The van der Waals surface area contributed by atoms with E-state index in [1.54, 1.807) is 0 Å². The number of fused-ring (bicyclic) bond motifs is 5. The second-order valence-corrected chi connectivity index (χ2v) is 11.8. The molecule has 0 aromatic rings. The van der Waals surface area contributed by atoms with Crippen molar-refractivity contribution in [1.29, 1.82) is 0 Å². The molecule has 0 aromatic carbocycles. The molecule has 4 nitrogen and oxygen atoms in total. The lowest BCUT2D eigenvalue weighted by atomic mass is 9.49. The summed E-state index contributed by atoms with van der Waals surface area (Å²) in [5.41, 5.74) is 1.51. The number of hydrogen-bond donors (Lipinski definition) is 0. The molecule has 2 saturated carbocycles. The van der Waals surface area contributed by atoms with E-state index in [1.807, 2.05) is 6.08 Å². The first kappa shape index (κ1) is 21.9. The van der Waals surface area contributed by atoms with Crippen LogP contribution < -0.4 is 0 Å². The number of rotatable bonds is 3. The van der Waals surface area contributed by atoms with Crippen LogP contribution >= 0.6 is 0 Å². The second kappa shape index (κ2) is 7.38. The van der Waals surface area contributed by atoms with E-state index in [2.05, 4.69) is 58.4 Å². The Morgan fingerprint density at radius 2 is 1.73 bits per heavy atom. The first-order valence-electron chi connectivity index (χ1n) is 12.3. The predicted molar refractivity (Wildman–Crippen MR) is 121 cm³/mol. The SMILES string of the molecule is CC(C)N(C(=O)[C@H]1CC[C@H]2[C@@H]3CN(C)C4=CC(=O)CC[C@]4(C)[C@H]3CC[C@]12C)C(C)C. The third kappa shape index (κ3) is 3.07. The van der Waals surface area contributed by atoms with Crippen molar-refractivity contribution in [1.82, 2.24) is 9.80 Å². The number of carbonyl (C=O) groups is 2. The molecule has 4 heteroatoms. The molecule has 1 amide bonds. The van der Waals surface area contributed by atoms with Gasteiger partial charge in [0.15, 0.2) is 5.78 Å². The maximum atomic E-state index is 13.7. The lowest BCUT2D eigenvalue weighted by Crippen LogP contribution is -2.58. The van der Waals surface area contributed by atoms with Crippen molar-refractivity contribution in [3.63, 3.8) is 0 Å².